The SMILES string of the molecule is CCCn1c(=O)c2c(C(=O)OCC)cc(-c3ccccn3)nc2n(CCC)c1=O. The van der Waals surface area contributed by atoms with Crippen molar-refractivity contribution >= 4 is 17.0 Å². The first-order valence-corrected chi connectivity index (χ1v) is 9.80. The Morgan fingerprint density at radius 3 is 2.38 bits per heavy atom. The Kier molecular flexibility index (Phi) is 6.21. The number of pyridine rings is 2. The van der Waals surface area contributed by atoms with E-state index >= 15 is 0 Å². The van der Waals surface area contributed by atoms with Gasteiger partial charge in [-0.1, -0.05) is 19.9 Å². The Morgan fingerprint density at radius 1 is 1.03 bits per heavy atom. The summed E-state index contributed by atoms with van der Waals surface area (Å²) in [5.41, 5.74) is 0.262. The monoisotopic (exact) mass is 396 g/mol. The Bertz CT molecular complexity index is 1150. The van der Waals surface area contributed by atoms with E-state index in [0.29, 0.717) is 30.8 Å². The molecule has 3 aromatic heterocycles. The van der Waals surface area contributed by atoms with Crippen LogP contribution in [0.15, 0.2) is 40.1 Å². The molecule has 0 aliphatic carbocycles. The maximum absolute atomic E-state index is 13.2. The quantitative estimate of drug-likeness (QED) is 0.570. The minimum absolute atomic E-state index is 0.0946. The average Bonchev–Trinajstić information content (AvgIpc) is 2.74. The van der Waals surface area contributed by atoms with Crippen molar-refractivity contribution in [3.05, 3.63) is 56.9 Å². The van der Waals surface area contributed by atoms with E-state index in [2.05, 4.69) is 9.97 Å². The predicted octanol–water partition coefficient (Wildman–Crippen LogP) is 2.62. The van der Waals surface area contributed by atoms with E-state index < -0.39 is 17.2 Å². The Balaban J connectivity index is 2.48. The van der Waals surface area contributed by atoms with Crippen molar-refractivity contribution in [1.29, 1.82) is 0 Å². The summed E-state index contributed by atoms with van der Waals surface area (Å²) in [6, 6.07) is 6.84. The molecule has 29 heavy (non-hydrogen) atoms. The molecule has 0 N–H and O–H groups in total. The second-order valence-electron chi connectivity index (χ2n) is 6.58. The molecular weight excluding hydrogens is 372 g/mol. The van der Waals surface area contributed by atoms with Gasteiger partial charge in [0.15, 0.2) is 5.65 Å². The number of aryl methyl sites for hydroxylation is 1. The van der Waals surface area contributed by atoms with Crippen LogP contribution in [0.2, 0.25) is 0 Å². The van der Waals surface area contributed by atoms with E-state index in [1.165, 1.54) is 15.2 Å². The largest absolute Gasteiger partial charge is 0.462 e. The molecule has 0 saturated carbocycles. The highest BCUT2D eigenvalue weighted by Gasteiger charge is 2.23. The summed E-state index contributed by atoms with van der Waals surface area (Å²) < 4.78 is 7.82. The van der Waals surface area contributed by atoms with Crippen molar-refractivity contribution in [2.75, 3.05) is 6.61 Å². The first-order valence-electron chi connectivity index (χ1n) is 9.80. The standard InChI is InChI=1S/C21H24N4O4/c1-4-11-24-18-17(19(26)25(12-5-2)21(24)28)14(20(27)29-6-3)13-16(23-18)15-9-7-8-10-22-15/h7-10,13H,4-6,11-12H2,1-3H3. The zero-order chi connectivity index (χ0) is 21.0. The summed E-state index contributed by atoms with van der Waals surface area (Å²) in [6.45, 7) is 6.32. The van der Waals surface area contributed by atoms with Crippen molar-refractivity contribution in [2.24, 2.45) is 0 Å². The molecule has 0 spiro atoms. The fraction of sp³-hybridized carbons (Fsp3) is 0.381. The number of nitrogens with zero attached hydrogens (tertiary/aromatic N) is 4. The molecule has 8 nitrogen and oxygen atoms in total. The van der Waals surface area contributed by atoms with Crippen LogP contribution in [0, 0.1) is 0 Å². The summed E-state index contributed by atoms with van der Waals surface area (Å²) in [7, 11) is 0. The first-order chi connectivity index (χ1) is 14.0. The minimum Gasteiger partial charge on any atom is -0.462 e. The van der Waals surface area contributed by atoms with Gasteiger partial charge in [-0.2, -0.15) is 0 Å². The second kappa shape index (κ2) is 8.81. The highest BCUT2D eigenvalue weighted by atomic mass is 16.5. The van der Waals surface area contributed by atoms with E-state index in [-0.39, 0.29) is 29.7 Å². The van der Waals surface area contributed by atoms with Gasteiger partial charge in [-0.25, -0.2) is 14.6 Å². The van der Waals surface area contributed by atoms with Crippen LogP contribution in [-0.4, -0.2) is 31.7 Å². The molecule has 0 amide bonds. The van der Waals surface area contributed by atoms with Crippen LogP contribution in [0.5, 0.6) is 0 Å². The Hall–Kier alpha value is -3.29. The van der Waals surface area contributed by atoms with Crippen LogP contribution in [0.1, 0.15) is 44.0 Å². The number of rotatable bonds is 7. The van der Waals surface area contributed by atoms with Crippen molar-refractivity contribution in [3.63, 3.8) is 0 Å². The number of fused-ring (bicyclic) bond motifs is 1. The van der Waals surface area contributed by atoms with Crippen molar-refractivity contribution in [3.8, 4) is 11.4 Å². The Morgan fingerprint density at radius 2 is 1.76 bits per heavy atom. The third kappa shape index (κ3) is 3.83. The van der Waals surface area contributed by atoms with Gasteiger partial charge in [0.05, 0.1) is 28.9 Å². The van der Waals surface area contributed by atoms with E-state index in [1.807, 2.05) is 13.8 Å². The molecule has 0 atom stereocenters. The lowest BCUT2D eigenvalue weighted by Crippen LogP contribution is -2.41. The van der Waals surface area contributed by atoms with E-state index in [1.54, 1.807) is 31.3 Å². The average molecular weight is 396 g/mol. The van der Waals surface area contributed by atoms with E-state index in [4.69, 9.17) is 4.74 Å². The fourth-order valence-electron chi connectivity index (χ4n) is 3.26. The van der Waals surface area contributed by atoms with Crippen LogP contribution < -0.4 is 11.2 Å². The van der Waals surface area contributed by atoms with Crippen molar-refractivity contribution in [1.82, 2.24) is 19.1 Å². The highest BCUT2D eigenvalue weighted by molar-refractivity contribution is 6.03. The molecule has 8 heteroatoms. The number of carbonyl (C=O) groups is 1. The molecule has 0 radical (unpaired) electrons. The number of aromatic nitrogens is 4. The van der Waals surface area contributed by atoms with Gasteiger partial charge in [0, 0.05) is 19.3 Å². The number of ether oxygens (including phenoxy) is 1. The predicted molar refractivity (Wildman–Crippen MR) is 110 cm³/mol. The van der Waals surface area contributed by atoms with E-state index in [9.17, 15) is 14.4 Å². The maximum atomic E-state index is 13.2. The fourth-order valence-corrected chi connectivity index (χ4v) is 3.26. The van der Waals surface area contributed by atoms with Gasteiger partial charge in [0.2, 0.25) is 0 Å². The topological polar surface area (TPSA) is 96.1 Å². The normalized spacial score (nSPS) is 11.0. The number of hydrogen-bond acceptors (Lipinski definition) is 6. The molecule has 0 saturated heterocycles. The third-order valence-corrected chi connectivity index (χ3v) is 4.49. The van der Waals surface area contributed by atoms with Gasteiger partial charge < -0.3 is 4.74 Å². The maximum Gasteiger partial charge on any atom is 0.339 e. The molecule has 3 aromatic rings. The van der Waals surface area contributed by atoms with Crippen molar-refractivity contribution < 1.29 is 9.53 Å². The highest BCUT2D eigenvalue weighted by Crippen LogP contribution is 2.22. The van der Waals surface area contributed by atoms with Gasteiger partial charge in [0.25, 0.3) is 5.56 Å². The van der Waals surface area contributed by atoms with Crippen LogP contribution in [0.3, 0.4) is 0 Å². The molecule has 3 heterocycles. The molecule has 0 aliphatic heterocycles. The van der Waals surface area contributed by atoms with Gasteiger partial charge >= 0.3 is 11.7 Å². The summed E-state index contributed by atoms with van der Waals surface area (Å²) in [5.74, 6) is -0.626. The van der Waals surface area contributed by atoms with Gasteiger partial charge in [-0.15, -0.1) is 0 Å². The number of carbonyl (C=O) groups excluding carboxylic acids is 1. The molecule has 0 aliphatic rings. The molecule has 152 valence electrons. The van der Waals surface area contributed by atoms with Crippen LogP contribution in [-0.2, 0) is 17.8 Å². The van der Waals surface area contributed by atoms with Gasteiger partial charge in [-0.05, 0) is 38.0 Å². The summed E-state index contributed by atoms with van der Waals surface area (Å²) in [4.78, 5) is 47.7. The molecule has 0 aromatic carbocycles. The van der Waals surface area contributed by atoms with Crippen LogP contribution >= 0.6 is 0 Å². The lowest BCUT2D eigenvalue weighted by molar-refractivity contribution is 0.0528. The summed E-state index contributed by atoms with van der Waals surface area (Å²) in [6.07, 6.45) is 2.90. The molecule has 3 rings (SSSR count). The number of esters is 1. The van der Waals surface area contributed by atoms with Crippen LogP contribution in [0.25, 0.3) is 22.4 Å². The zero-order valence-electron chi connectivity index (χ0n) is 16.8. The Labute approximate surface area is 167 Å². The molecule has 0 unspecified atom stereocenters. The lowest BCUT2D eigenvalue weighted by Gasteiger charge is -2.15. The summed E-state index contributed by atoms with van der Waals surface area (Å²) in [5, 5.41) is 0.102. The van der Waals surface area contributed by atoms with Crippen molar-refractivity contribution in [2.45, 2.75) is 46.7 Å². The molecular formula is C21H24N4O4. The van der Waals surface area contributed by atoms with Gasteiger partial charge in [0.1, 0.15) is 0 Å². The number of hydrogen-bond donors (Lipinski definition) is 0. The first kappa shape index (κ1) is 20.4. The minimum atomic E-state index is -0.626. The van der Waals surface area contributed by atoms with Gasteiger partial charge in [-0.3, -0.25) is 18.9 Å². The second-order valence-corrected chi connectivity index (χ2v) is 6.58. The molecule has 0 bridgehead atoms. The lowest BCUT2D eigenvalue weighted by atomic mass is 10.1. The van der Waals surface area contributed by atoms with Crippen LogP contribution in [0.4, 0.5) is 0 Å². The zero-order valence-corrected chi connectivity index (χ0v) is 16.8. The third-order valence-electron chi connectivity index (χ3n) is 4.49. The van der Waals surface area contributed by atoms with E-state index in [0.717, 1.165) is 0 Å². The summed E-state index contributed by atoms with van der Waals surface area (Å²) >= 11 is 0. The smallest absolute Gasteiger partial charge is 0.339 e. The molecule has 0 fully saturated rings.